The Morgan fingerprint density at radius 2 is 1.89 bits per heavy atom. The molecule has 6 nitrogen and oxygen atoms in total. The first-order valence-corrected chi connectivity index (χ1v) is 10.6. The molecule has 2 fully saturated rings. The van der Waals surface area contributed by atoms with E-state index in [2.05, 4.69) is 43.7 Å². The van der Waals surface area contributed by atoms with Crippen LogP contribution in [0.25, 0.3) is 11.5 Å². The minimum atomic E-state index is 0.568. The average Bonchev–Trinajstić information content (AvgIpc) is 3.10. The summed E-state index contributed by atoms with van der Waals surface area (Å²) in [6, 6.07) is 8.81. The van der Waals surface area contributed by atoms with Gasteiger partial charge < -0.3 is 9.32 Å². The lowest BCUT2D eigenvalue weighted by Crippen LogP contribution is -2.22. The zero-order chi connectivity index (χ0) is 18.2. The SMILES string of the molecule is Cc1ccc(-c2nc(CSc3nnc(N4CCCC4)n3C3CC3)co2)cc1. The number of anilines is 1. The van der Waals surface area contributed by atoms with Crippen molar-refractivity contribution in [2.45, 2.75) is 49.6 Å². The van der Waals surface area contributed by atoms with Crippen LogP contribution < -0.4 is 4.90 Å². The maximum Gasteiger partial charge on any atom is 0.228 e. The number of hydrogen-bond acceptors (Lipinski definition) is 6. The van der Waals surface area contributed by atoms with Gasteiger partial charge in [0.25, 0.3) is 0 Å². The third kappa shape index (κ3) is 3.48. The van der Waals surface area contributed by atoms with Crippen LogP contribution in [0.2, 0.25) is 0 Å². The molecule has 5 rings (SSSR count). The predicted octanol–water partition coefficient (Wildman–Crippen LogP) is 4.47. The Hall–Kier alpha value is -2.28. The van der Waals surface area contributed by atoms with Crippen molar-refractivity contribution in [1.82, 2.24) is 19.7 Å². The van der Waals surface area contributed by atoms with Crippen molar-refractivity contribution in [1.29, 1.82) is 0 Å². The van der Waals surface area contributed by atoms with Gasteiger partial charge in [-0.3, -0.25) is 4.57 Å². The molecule has 0 bridgehead atoms. The van der Waals surface area contributed by atoms with Gasteiger partial charge in [-0.15, -0.1) is 10.2 Å². The topological polar surface area (TPSA) is 60.0 Å². The largest absolute Gasteiger partial charge is 0.444 e. The summed E-state index contributed by atoms with van der Waals surface area (Å²) in [7, 11) is 0. The molecule has 3 aromatic rings. The lowest BCUT2D eigenvalue weighted by molar-refractivity contribution is 0.573. The van der Waals surface area contributed by atoms with Crippen LogP contribution in [0.15, 0.2) is 40.1 Å². The van der Waals surface area contributed by atoms with Crippen LogP contribution in [0.3, 0.4) is 0 Å². The molecule has 1 saturated carbocycles. The van der Waals surface area contributed by atoms with E-state index in [0.29, 0.717) is 11.9 Å². The van der Waals surface area contributed by atoms with E-state index in [1.165, 1.54) is 31.2 Å². The fourth-order valence-electron chi connectivity index (χ4n) is 3.49. The standard InChI is InChI=1S/C20H23N5OS/c1-14-4-6-15(7-5-14)18-21-16(12-26-18)13-27-20-23-22-19(24-10-2-3-11-24)25(20)17-8-9-17/h4-7,12,17H,2-3,8-11,13H2,1H3. The number of thioether (sulfide) groups is 1. The fraction of sp³-hybridized carbons (Fsp3) is 0.450. The monoisotopic (exact) mass is 381 g/mol. The summed E-state index contributed by atoms with van der Waals surface area (Å²) in [5, 5.41) is 9.99. The van der Waals surface area contributed by atoms with Gasteiger partial charge in [-0.05, 0) is 44.7 Å². The second-order valence-electron chi connectivity index (χ2n) is 7.38. The average molecular weight is 382 g/mol. The molecule has 1 aliphatic heterocycles. The first-order valence-electron chi connectivity index (χ1n) is 9.62. The molecule has 0 amide bonds. The summed E-state index contributed by atoms with van der Waals surface area (Å²) >= 11 is 1.70. The Labute approximate surface area is 163 Å². The summed E-state index contributed by atoms with van der Waals surface area (Å²) in [5.74, 6) is 2.46. The van der Waals surface area contributed by atoms with E-state index < -0.39 is 0 Å². The lowest BCUT2D eigenvalue weighted by Gasteiger charge is -2.17. The van der Waals surface area contributed by atoms with Crippen molar-refractivity contribution in [2.24, 2.45) is 0 Å². The Kier molecular flexibility index (Phi) is 4.39. The number of hydrogen-bond donors (Lipinski definition) is 0. The van der Waals surface area contributed by atoms with Gasteiger partial charge in [0.15, 0.2) is 5.16 Å². The predicted molar refractivity (Wildman–Crippen MR) is 106 cm³/mol. The first-order chi connectivity index (χ1) is 13.3. The third-order valence-electron chi connectivity index (χ3n) is 5.15. The molecule has 140 valence electrons. The molecule has 0 N–H and O–H groups in total. The van der Waals surface area contributed by atoms with Crippen LogP contribution in [0.1, 0.15) is 43.0 Å². The molecule has 3 heterocycles. The molecular formula is C20H23N5OS. The first kappa shape index (κ1) is 16.9. The summed E-state index contributed by atoms with van der Waals surface area (Å²) < 4.78 is 8.02. The van der Waals surface area contributed by atoms with E-state index >= 15 is 0 Å². The number of rotatable bonds is 6. The van der Waals surface area contributed by atoms with Gasteiger partial charge in [0.05, 0.1) is 5.69 Å². The fourth-order valence-corrected chi connectivity index (χ4v) is 4.37. The maximum absolute atomic E-state index is 5.68. The molecule has 2 aliphatic rings. The highest BCUT2D eigenvalue weighted by Crippen LogP contribution is 2.41. The third-order valence-corrected chi connectivity index (χ3v) is 6.12. The summed E-state index contributed by atoms with van der Waals surface area (Å²) in [4.78, 5) is 7.02. The van der Waals surface area contributed by atoms with Gasteiger partial charge in [0.1, 0.15) is 6.26 Å². The van der Waals surface area contributed by atoms with Crippen molar-refractivity contribution in [2.75, 3.05) is 18.0 Å². The van der Waals surface area contributed by atoms with Crippen LogP contribution in [0.5, 0.6) is 0 Å². The molecule has 1 aromatic carbocycles. The Balaban J connectivity index is 1.31. The van der Waals surface area contributed by atoms with E-state index in [1.807, 2.05) is 12.1 Å². The van der Waals surface area contributed by atoms with Crippen LogP contribution >= 0.6 is 11.8 Å². The van der Waals surface area contributed by atoms with Crippen molar-refractivity contribution in [3.8, 4) is 11.5 Å². The normalized spacial score (nSPS) is 17.0. The van der Waals surface area contributed by atoms with Gasteiger partial charge in [0.2, 0.25) is 11.8 Å². The number of nitrogens with zero attached hydrogens (tertiary/aromatic N) is 5. The molecule has 1 saturated heterocycles. The van der Waals surface area contributed by atoms with Crippen LogP contribution in [-0.2, 0) is 5.75 Å². The van der Waals surface area contributed by atoms with E-state index in [1.54, 1.807) is 18.0 Å². The van der Waals surface area contributed by atoms with Crippen molar-refractivity contribution in [3.05, 3.63) is 41.8 Å². The van der Waals surface area contributed by atoms with Gasteiger partial charge in [0, 0.05) is 30.4 Å². The molecule has 0 spiro atoms. The molecule has 0 atom stereocenters. The molecule has 2 aromatic heterocycles. The van der Waals surface area contributed by atoms with Gasteiger partial charge >= 0.3 is 0 Å². The highest BCUT2D eigenvalue weighted by Gasteiger charge is 2.32. The quantitative estimate of drug-likeness (QED) is 0.587. The van der Waals surface area contributed by atoms with Gasteiger partial charge in [-0.2, -0.15) is 0 Å². The molecule has 7 heteroatoms. The minimum Gasteiger partial charge on any atom is -0.444 e. The molecule has 27 heavy (non-hydrogen) atoms. The molecule has 1 aliphatic carbocycles. The molecular weight excluding hydrogens is 358 g/mol. The Morgan fingerprint density at radius 3 is 2.63 bits per heavy atom. The van der Waals surface area contributed by atoms with E-state index in [9.17, 15) is 0 Å². The Bertz CT molecular complexity index is 922. The molecule has 0 unspecified atom stereocenters. The highest BCUT2D eigenvalue weighted by molar-refractivity contribution is 7.98. The molecule has 0 radical (unpaired) electrons. The maximum atomic E-state index is 5.68. The van der Waals surface area contributed by atoms with Crippen LogP contribution in [0, 0.1) is 6.92 Å². The van der Waals surface area contributed by atoms with E-state index in [0.717, 1.165) is 41.2 Å². The smallest absolute Gasteiger partial charge is 0.228 e. The number of oxazole rings is 1. The minimum absolute atomic E-state index is 0.568. The highest BCUT2D eigenvalue weighted by atomic mass is 32.2. The zero-order valence-electron chi connectivity index (χ0n) is 15.5. The van der Waals surface area contributed by atoms with Crippen molar-refractivity contribution < 1.29 is 4.42 Å². The van der Waals surface area contributed by atoms with Crippen LogP contribution in [-0.4, -0.2) is 32.8 Å². The van der Waals surface area contributed by atoms with Crippen molar-refractivity contribution >= 4 is 17.7 Å². The lowest BCUT2D eigenvalue weighted by atomic mass is 10.1. The second kappa shape index (κ2) is 7.03. The van der Waals surface area contributed by atoms with E-state index in [4.69, 9.17) is 4.42 Å². The number of aromatic nitrogens is 4. The van der Waals surface area contributed by atoms with Crippen molar-refractivity contribution in [3.63, 3.8) is 0 Å². The second-order valence-corrected chi connectivity index (χ2v) is 8.32. The number of benzene rings is 1. The summed E-state index contributed by atoms with van der Waals surface area (Å²) in [6.45, 7) is 4.27. The van der Waals surface area contributed by atoms with Crippen LogP contribution in [0.4, 0.5) is 5.95 Å². The van der Waals surface area contributed by atoms with Gasteiger partial charge in [-0.1, -0.05) is 29.5 Å². The Morgan fingerprint density at radius 1 is 1.11 bits per heavy atom. The van der Waals surface area contributed by atoms with Gasteiger partial charge in [-0.25, -0.2) is 4.98 Å². The summed E-state index contributed by atoms with van der Waals surface area (Å²) in [5.41, 5.74) is 3.17. The van der Waals surface area contributed by atoms with E-state index in [-0.39, 0.29) is 0 Å². The summed E-state index contributed by atoms with van der Waals surface area (Å²) in [6.07, 6.45) is 6.71. The zero-order valence-corrected chi connectivity index (χ0v) is 16.3. The number of aryl methyl sites for hydroxylation is 1.